The van der Waals surface area contributed by atoms with Crippen LogP contribution in [0.25, 0.3) is 0 Å². The van der Waals surface area contributed by atoms with E-state index < -0.39 is 44.0 Å². The Kier molecular flexibility index (Phi) is 4.35. The van der Waals surface area contributed by atoms with Crippen LogP contribution in [-0.2, 0) is 10.0 Å². The summed E-state index contributed by atoms with van der Waals surface area (Å²) < 4.78 is 54.9. The maximum Gasteiger partial charge on any atom is 0.335 e. The number of benzene rings is 2. The van der Waals surface area contributed by atoms with Crippen molar-refractivity contribution in [2.45, 2.75) is 30.6 Å². The number of nitrogens with one attached hydrogen (secondary N) is 1. The van der Waals surface area contributed by atoms with Crippen LogP contribution in [0, 0.1) is 18.6 Å². The number of sulfonamides is 1. The first-order valence-corrected chi connectivity index (χ1v) is 9.17. The Morgan fingerprint density at radius 2 is 1.81 bits per heavy atom. The first-order valence-electron chi connectivity index (χ1n) is 7.69. The van der Waals surface area contributed by atoms with Crippen LogP contribution < -0.4 is 4.72 Å². The minimum absolute atomic E-state index is 0.0310. The topological polar surface area (TPSA) is 104 Å². The fourth-order valence-electron chi connectivity index (χ4n) is 2.63. The van der Waals surface area contributed by atoms with E-state index in [-0.39, 0.29) is 22.6 Å². The third kappa shape index (κ3) is 3.34. The van der Waals surface area contributed by atoms with Gasteiger partial charge in [-0.15, -0.1) is 0 Å². The summed E-state index contributed by atoms with van der Waals surface area (Å²) in [6.45, 7) is 1.34. The van der Waals surface area contributed by atoms with Crippen LogP contribution >= 0.6 is 0 Å². The third-order valence-electron chi connectivity index (χ3n) is 4.15. The van der Waals surface area contributed by atoms with Gasteiger partial charge in [-0.05, 0) is 55.0 Å². The van der Waals surface area contributed by atoms with Gasteiger partial charge >= 0.3 is 5.97 Å². The van der Waals surface area contributed by atoms with E-state index in [0.717, 1.165) is 31.0 Å². The lowest BCUT2D eigenvalue weighted by Crippen LogP contribution is -2.16. The van der Waals surface area contributed by atoms with Gasteiger partial charge in [0.15, 0.2) is 0 Å². The molecular formula is C17H15F2NO5S. The highest BCUT2D eigenvalue weighted by molar-refractivity contribution is 7.92. The van der Waals surface area contributed by atoms with E-state index in [1.807, 2.05) is 4.72 Å². The molecule has 0 spiro atoms. The number of anilines is 1. The van der Waals surface area contributed by atoms with Crippen LogP contribution in [0.3, 0.4) is 0 Å². The van der Waals surface area contributed by atoms with Gasteiger partial charge in [0.2, 0.25) is 0 Å². The third-order valence-corrected chi connectivity index (χ3v) is 5.53. The van der Waals surface area contributed by atoms with Crippen molar-refractivity contribution in [3.05, 3.63) is 52.6 Å². The van der Waals surface area contributed by atoms with Crippen LogP contribution in [0.5, 0.6) is 5.75 Å². The predicted molar refractivity (Wildman–Crippen MR) is 88.9 cm³/mol. The first kappa shape index (κ1) is 18.1. The number of phenolic OH excluding ortho intramolecular Hbond substituents is 1. The molecular weight excluding hydrogens is 368 g/mol. The quantitative estimate of drug-likeness (QED) is 0.735. The van der Waals surface area contributed by atoms with Gasteiger partial charge in [0.1, 0.15) is 22.3 Å². The normalized spacial score (nSPS) is 14.3. The second-order valence-corrected chi connectivity index (χ2v) is 7.83. The molecule has 0 radical (unpaired) electrons. The molecule has 2 aromatic rings. The second kappa shape index (κ2) is 6.24. The van der Waals surface area contributed by atoms with Crippen molar-refractivity contribution in [1.29, 1.82) is 0 Å². The Balaban J connectivity index is 2.05. The van der Waals surface area contributed by atoms with E-state index in [9.17, 15) is 27.1 Å². The number of carbonyl (C=O) groups is 1. The summed E-state index contributed by atoms with van der Waals surface area (Å²) in [6, 6.07) is 3.58. The van der Waals surface area contributed by atoms with E-state index in [2.05, 4.69) is 0 Å². The molecule has 0 unspecified atom stereocenters. The van der Waals surface area contributed by atoms with Gasteiger partial charge in [-0.2, -0.15) is 0 Å². The molecule has 0 heterocycles. The van der Waals surface area contributed by atoms with E-state index in [1.54, 1.807) is 0 Å². The predicted octanol–water partition coefficient (Wildman–Crippen LogP) is 3.36. The van der Waals surface area contributed by atoms with Crippen LogP contribution in [0.1, 0.15) is 40.2 Å². The number of hydrogen-bond acceptors (Lipinski definition) is 4. The van der Waals surface area contributed by atoms with Crippen LogP contribution in [0.15, 0.2) is 29.2 Å². The Bertz CT molecular complexity index is 1020. The number of aromatic hydroxyl groups is 1. The van der Waals surface area contributed by atoms with E-state index >= 15 is 0 Å². The highest BCUT2D eigenvalue weighted by Gasteiger charge is 2.29. The van der Waals surface area contributed by atoms with E-state index in [0.29, 0.717) is 6.07 Å². The number of aryl methyl sites for hydroxylation is 1. The van der Waals surface area contributed by atoms with Gasteiger partial charge in [0, 0.05) is 6.07 Å². The largest absolute Gasteiger partial charge is 0.506 e. The van der Waals surface area contributed by atoms with Crippen molar-refractivity contribution >= 4 is 21.7 Å². The molecule has 3 N–H and O–H groups in total. The molecule has 1 saturated carbocycles. The van der Waals surface area contributed by atoms with Gasteiger partial charge in [-0.25, -0.2) is 22.0 Å². The summed E-state index contributed by atoms with van der Waals surface area (Å²) in [6.07, 6.45) is 1.46. The Morgan fingerprint density at radius 1 is 1.15 bits per heavy atom. The molecule has 26 heavy (non-hydrogen) atoms. The number of aromatic carboxylic acids is 1. The maximum absolute atomic E-state index is 14.0. The molecule has 9 heteroatoms. The molecule has 2 aromatic carbocycles. The van der Waals surface area contributed by atoms with Crippen molar-refractivity contribution in [3.8, 4) is 5.75 Å². The lowest BCUT2D eigenvalue weighted by molar-refractivity contribution is 0.0696. The SMILES string of the molecule is Cc1cc(C(=O)O)cc(S(=O)(=O)Nc2cc(C3CC3)c(F)cc2F)c1O. The Hall–Kier alpha value is -2.68. The minimum Gasteiger partial charge on any atom is -0.506 e. The van der Waals surface area contributed by atoms with Gasteiger partial charge in [0.25, 0.3) is 10.0 Å². The highest BCUT2D eigenvalue weighted by atomic mass is 32.2. The van der Waals surface area contributed by atoms with Crippen molar-refractivity contribution in [3.63, 3.8) is 0 Å². The van der Waals surface area contributed by atoms with E-state index in [4.69, 9.17) is 5.11 Å². The first-order chi connectivity index (χ1) is 12.1. The minimum atomic E-state index is -4.51. The summed E-state index contributed by atoms with van der Waals surface area (Å²) >= 11 is 0. The van der Waals surface area contributed by atoms with Crippen molar-refractivity contribution in [2.24, 2.45) is 0 Å². The summed E-state index contributed by atoms with van der Waals surface area (Å²) in [7, 11) is -4.51. The molecule has 0 aliphatic heterocycles. The van der Waals surface area contributed by atoms with Gasteiger partial charge in [-0.3, -0.25) is 4.72 Å². The van der Waals surface area contributed by atoms with Gasteiger partial charge < -0.3 is 10.2 Å². The summed E-state index contributed by atoms with van der Waals surface area (Å²) in [4.78, 5) is 10.4. The van der Waals surface area contributed by atoms with Crippen molar-refractivity contribution < 1.29 is 32.2 Å². The lowest BCUT2D eigenvalue weighted by atomic mass is 10.1. The molecule has 3 rings (SSSR count). The van der Waals surface area contributed by atoms with Gasteiger partial charge in [-0.1, -0.05) is 0 Å². The summed E-state index contributed by atoms with van der Waals surface area (Å²) in [5, 5.41) is 19.1. The molecule has 1 aliphatic carbocycles. The monoisotopic (exact) mass is 383 g/mol. The smallest absolute Gasteiger partial charge is 0.335 e. The number of carboxylic acid groups (broad SMARTS) is 1. The fraction of sp³-hybridized carbons (Fsp3) is 0.235. The number of rotatable bonds is 5. The average Bonchev–Trinajstić information content (AvgIpc) is 3.36. The molecule has 0 bridgehead atoms. The molecule has 0 aromatic heterocycles. The molecule has 0 atom stereocenters. The zero-order chi connectivity index (χ0) is 19.2. The fourth-order valence-corrected chi connectivity index (χ4v) is 3.88. The second-order valence-electron chi connectivity index (χ2n) is 6.18. The Morgan fingerprint density at radius 3 is 2.38 bits per heavy atom. The number of phenols is 1. The summed E-state index contributed by atoms with van der Waals surface area (Å²) in [5.74, 6) is -3.97. The Labute approximate surface area is 148 Å². The van der Waals surface area contributed by atoms with Crippen molar-refractivity contribution in [1.82, 2.24) is 0 Å². The zero-order valence-electron chi connectivity index (χ0n) is 13.6. The number of carboxylic acids is 1. The zero-order valence-corrected chi connectivity index (χ0v) is 14.4. The molecule has 138 valence electrons. The van der Waals surface area contributed by atoms with Gasteiger partial charge in [0.05, 0.1) is 11.3 Å². The molecule has 0 saturated heterocycles. The molecule has 0 amide bonds. The maximum atomic E-state index is 14.0. The van der Waals surface area contributed by atoms with E-state index in [1.165, 1.54) is 6.92 Å². The van der Waals surface area contributed by atoms with Crippen LogP contribution in [-0.4, -0.2) is 24.6 Å². The number of halogens is 2. The average molecular weight is 383 g/mol. The van der Waals surface area contributed by atoms with Crippen LogP contribution in [0.4, 0.5) is 14.5 Å². The molecule has 6 nitrogen and oxygen atoms in total. The highest BCUT2D eigenvalue weighted by Crippen LogP contribution is 2.43. The molecule has 1 fully saturated rings. The summed E-state index contributed by atoms with van der Waals surface area (Å²) in [5.41, 5.74) is -0.572. The molecule has 1 aliphatic rings. The standard InChI is InChI=1S/C17H15F2NO5S/c1-8-4-10(17(22)23)5-15(16(8)21)26(24,25)20-14-6-11(9-2-3-9)12(18)7-13(14)19/h4-7,9,20-21H,2-3H2,1H3,(H,22,23). The van der Waals surface area contributed by atoms with Crippen molar-refractivity contribution in [2.75, 3.05) is 4.72 Å². The lowest BCUT2D eigenvalue weighted by Gasteiger charge is -2.14. The van der Waals surface area contributed by atoms with Crippen LogP contribution in [0.2, 0.25) is 0 Å². The number of hydrogen-bond donors (Lipinski definition) is 3.